The van der Waals surface area contributed by atoms with Crippen molar-refractivity contribution in [2.24, 2.45) is 5.92 Å². The molecule has 0 N–H and O–H groups in total. The molecule has 0 aromatic heterocycles. The molecule has 0 bridgehead atoms. The fourth-order valence-electron chi connectivity index (χ4n) is 2.46. The molecule has 95 valence electrons. The van der Waals surface area contributed by atoms with Crippen molar-refractivity contribution in [1.29, 1.82) is 0 Å². The van der Waals surface area contributed by atoms with Gasteiger partial charge in [-0.25, -0.2) is 0 Å². The molecule has 0 amide bonds. The van der Waals surface area contributed by atoms with Crippen LogP contribution in [0.4, 0.5) is 0 Å². The fraction of sp³-hybridized carbons (Fsp3) is 1.00. The fourth-order valence-corrected chi connectivity index (χ4v) is 15.1. The second kappa shape index (κ2) is 10.1. The Labute approximate surface area is 115 Å². The van der Waals surface area contributed by atoms with Crippen LogP contribution in [0.2, 0.25) is 22.3 Å². The van der Waals surface area contributed by atoms with Crippen LogP contribution in [0.3, 0.4) is 0 Å². The van der Waals surface area contributed by atoms with Gasteiger partial charge in [0.15, 0.2) is 0 Å². The topological polar surface area (TPSA) is 0 Å². The van der Waals surface area contributed by atoms with Gasteiger partial charge >= 0.3 is 116 Å². The van der Waals surface area contributed by atoms with Gasteiger partial charge in [-0.1, -0.05) is 0 Å². The van der Waals surface area contributed by atoms with Gasteiger partial charge in [-0.3, -0.25) is 0 Å². The second-order valence-corrected chi connectivity index (χ2v) is 19.3. The van der Waals surface area contributed by atoms with Crippen molar-refractivity contribution in [2.75, 3.05) is 0 Å². The van der Waals surface area contributed by atoms with Gasteiger partial charge in [0.25, 0.3) is 0 Å². The minimum absolute atomic E-state index is 0.130. The van der Waals surface area contributed by atoms with Crippen molar-refractivity contribution >= 4 is 5.26 Å². The van der Waals surface area contributed by atoms with E-state index in [1.54, 1.807) is 28.7 Å². The van der Waals surface area contributed by atoms with Gasteiger partial charge in [-0.15, -0.1) is 0 Å². The number of unbranched alkanes of at least 4 members (excludes halogenated alkanes) is 1. The quantitative estimate of drug-likeness (QED) is 0.353. The second-order valence-electron chi connectivity index (χ2n) is 5.70. The zero-order chi connectivity index (χ0) is 12.4. The first-order chi connectivity index (χ1) is 7.60. The Kier molecular flexibility index (Phi) is 10.7. The molecule has 0 rings (SSSR count). The van der Waals surface area contributed by atoms with E-state index in [9.17, 15) is 0 Å². The molecule has 0 aliphatic heterocycles. The van der Waals surface area contributed by atoms with Gasteiger partial charge in [-0.2, -0.15) is 0 Å². The van der Waals surface area contributed by atoms with Crippen LogP contribution < -0.4 is 0 Å². The van der Waals surface area contributed by atoms with E-state index in [1.807, 2.05) is 0 Å². The Bertz CT molecular complexity index is 153. The third-order valence-electron chi connectivity index (χ3n) is 4.00. The zero-order valence-electron chi connectivity index (χ0n) is 12.3. The number of rotatable bonds is 10. The molecular weight excluding hydrogens is 241 g/mol. The predicted octanol–water partition coefficient (Wildman–Crippen LogP) is 5.71. The van der Waals surface area contributed by atoms with Crippen LogP contribution in [0.5, 0.6) is 0 Å². The van der Waals surface area contributed by atoms with Crippen LogP contribution in [0.1, 0.15) is 60.3 Å². The van der Waals surface area contributed by atoms with E-state index in [1.165, 1.54) is 19.3 Å². The van der Waals surface area contributed by atoms with Crippen LogP contribution >= 0.6 is 0 Å². The Morgan fingerprint density at radius 2 is 1.62 bits per heavy atom. The van der Waals surface area contributed by atoms with Crippen molar-refractivity contribution < 1.29 is 22.1 Å². The van der Waals surface area contributed by atoms with Crippen molar-refractivity contribution in [3.05, 3.63) is 0 Å². The third kappa shape index (κ3) is 7.42. The first kappa shape index (κ1) is 17.1. The summed E-state index contributed by atoms with van der Waals surface area (Å²) in [4.78, 5) is 0. The zero-order valence-corrected chi connectivity index (χ0v) is 15.1. The molecule has 0 atom stereocenters. The van der Waals surface area contributed by atoms with Crippen molar-refractivity contribution in [2.45, 2.75) is 82.6 Å². The molecule has 0 nitrogen and oxygen atoms in total. The van der Waals surface area contributed by atoms with Gasteiger partial charge in [0.1, 0.15) is 0 Å². The third-order valence-corrected chi connectivity index (χ3v) is 20.5. The predicted molar refractivity (Wildman–Crippen MR) is 75.3 cm³/mol. The van der Waals surface area contributed by atoms with E-state index in [4.69, 9.17) is 0 Å². The van der Waals surface area contributed by atoms with Gasteiger partial charge < -0.3 is 0 Å². The van der Waals surface area contributed by atoms with Gasteiger partial charge in [0.2, 0.25) is 0 Å². The van der Waals surface area contributed by atoms with Gasteiger partial charge in [0, 0.05) is 0 Å². The summed E-state index contributed by atoms with van der Waals surface area (Å²) >= 11 is 0.130. The normalized spacial score (nSPS) is 11.9. The first-order valence-corrected chi connectivity index (χ1v) is 14.1. The van der Waals surface area contributed by atoms with Crippen molar-refractivity contribution in [1.82, 2.24) is 0 Å². The SMILES string of the molecule is CCCC[Si](CC)(CC)[Sc][CH2]CCC(C)C. The van der Waals surface area contributed by atoms with E-state index in [-0.39, 0.29) is 22.1 Å². The first-order valence-electron chi connectivity index (χ1n) is 7.44. The molecule has 0 aliphatic rings. The van der Waals surface area contributed by atoms with E-state index in [0.29, 0.717) is 0 Å². The Hall–Kier alpha value is 1.09. The molecule has 0 aromatic carbocycles. The summed E-state index contributed by atoms with van der Waals surface area (Å²) in [5, 5.41) is -0.680. The Morgan fingerprint density at radius 3 is 2.06 bits per heavy atom. The Balaban J connectivity index is 3.91. The summed E-state index contributed by atoms with van der Waals surface area (Å²) in [6.07, 6.45) is 5.95. The summed E-state index contributed by atoms with van der Waals surface area (Å²) in [7, 11) is 0. The molecule has 0 aliphatic carbocycles. The van der Waals surface area contributed by atoms with Crippen LogP contribution in [0.25, 0.3) is 0 Å². The van der Waals surface area contributed by atoms with Gasteiger partial charge in [0.05, 0.1) is 0 Å². The van der Waals surface area contributed by atoms with Crippen LogP contribution in [-0.4, -0.2) is 5.26 Å². The molecule has 0 radical (unpaired) electrons. The molecule has 0 saturated carbocycles. The Morgan fingerprint density at radius 1 is 1.00 bits per heavy atom. The van der Waals surface area contributed by atoms with E-state index in [2.05, 4.69) is 34.6 Å². The molecule has 0 fully saturated rings. The molecule has 16 heavy (non-hydrogen) atoms. The summed E-state index contributed by atoms with van der Waals surface area (Å²) in [6, 6.07) is 4.84. The average molecular weight is 273 g/mol. The molecular formula is C14H32ScSi. The standard InChI is InChI=1S/C8H19Si.C6H13.Sc/c1-4-7-8-9(5-2)6-3;1-4-5-6(2)3;/h4-8H2,1-3H3;6H,1,4-5H2,2-3H3;. The van der Waals surface area contributed by atoms with E-state index in [0.717, 1.165) is 5.92 Å². The van der Waals surface area contributed by atoms with Crippen LogP contribution in [0, 0.1) is 5.92 Å². The van der Waals surface area contributed by atoms with Crippen LogP contribution in [0.15, 0.2) is 0 Å². The molecule has 2 heteroatoms. The van der Waals surface area contributed by atoms with Crippen LogP contribution in [-0.2, 0) is 22.1 Å². The minimum atomic E-state index is -0.680. The van der Waals surface area contributed by atoms with Crippen molar-refractivity contribution in [3.63, 3.8) is 0 Å². The number of hydrogen-bond donors (Lipinski definition) is 0. The molecule has 0 spiro atoms. The summed E-state index contributed by atoms with van der Waals surface area (Å²) < 4.78 is 1.67. The maximum atomic E-state index is 2.49. The monoisotopic (exact) mass is 273 g/mol. The van der Waals surface area contributed by atoms with Crippen molar-refractivity contribution in [3.8, 4) is 0 Å². The molecule has 0 saturated heterocycles. The summed E-state index contributed by atoms with van der Waals surface area (Å²) in [5.41, 5.74) is 0. The average Bonchev–Trinajstić information content (AvgIpc) is 2.29. The maximum absolute atomic E-state index is 2.49. The summed E-state index contributed by atoms with van der Waals surface area (Å²) in [5.74, 6) is 0.923. The molecule has 0 unspecified atom stereocenters. The summed E-state index contributed by atoms with van der Waals surface area (Å²) in [6.45, 7) is 12.1. The van der Waals surface area contributed by atoms with Gasteiger partial charge in [-0.05, 0) is 0 Å². The van der Waals surface area contributed by atoms with E-state index < -0.39 is 5.26 Å². The number of hydrogen-bond acceptors (Lipinski definition) is 0. The molecule has 0 heterocycles. The van der Waals surface area contributed by atoms with E-state index >= 15 is 0 Å². The molecule has 0 aromatic rings.